The molecule has 0 atom stereocenters. The van der Waals surface area contributed by atoms with Gasteiger partial charge in [-0.05, 0) is 91.3 Å². The molecule has 3 aromatic carbocycles. The number of aromatic nitrogens is 4. The number of hydrogen-bond donors (Lipinski definition) is 2. The first-order chi connectivity index (χ1) is 18.6. The lowest BCUT2D eigenvalue weighted by Gasteiger charge is -2.17. The Balaban J connectivity index is 1.42. The zero-order chi connectivity index (χ0) is 27.3. The molecule has 7 nitrogen and oxygen atoms in total. The Morgan fingerprint density at radius 2 is 1.85 bits per heavy atom. The highest BCUT2D eigenvalue weighted by atomic mass is 19.1. The molecule has 9 heteroatoms. The lowest BCUT2D eigenvalue weighted by atomic mass is 9.94. The molecule has 1 aliphatic rings. The van der Waals surface area contributed by atoms with Crippen LogP contribution in [0.25, 0.3) is 45.1 Å². The summed E-state index contributed by atoms with van der Waals surface area (Å²) >= 11 is 0. The molecule has 0 spiro atoms. The van der Waals surface area contributed by atoms with Crippen molar-refractivity contribution in [1.29, 1.82) is 0 Å². The number of nitrogens with zero attached hydrogens (tertiary/aromatic N) is 4. The second kappa shape index (κ2) is 9.66. The number of halogens is 2. The van der Waals surface area contributed by atoms with Gasteiger partial charge in [0.2, 0.25) is 5.89 Å². The van der Waals surface area contributed by atoms with E-state index in [0.29, 0.717) is 47.4 Å². The fourth-order valence-corrected chi connectivity index (χ4v) is 4.85. The topological polar surface area (TPSA) is 89.0 Å². The van der Waals surface area contributed by atoms with Gasteiger partial charge in [-0.25, -0.2) is 13.8 Å². The minimum atomic E-state index is -0.870. The minimum absolute atomic E-state index is 0.0937. The van der Waals surface area contributed by atoms with Crippen LogP contribution in [0.4, 0.5) is 8.78 Å². The molecule has 1 aliphatic carbocycles. The third kappa shape index (κ3) is 5.32. The summed E-state index contributed by atoms with van der Waals surface area (Å²) in [7, 11) is 1.82. The van der Waals surface area contributed by atoms with E-state index in [0.717, 1.165) is 35.1 Å². The summed E-state index contributed by atoms with van der Waals surface area (Å²) < 4.78 is 37.1. The van der Waals surface area contributed by atoms with Crippen molar-refractivity contribution < 1.29 is 18.3 Å². The van der Waals surface area contributed by atoms with E-state index in [1.807, 2.05) is 19.2 Å². The monoisotopic (exact) mass is 529 g/mol. The van der Waals surface area contributed by atoms with E-state index in [1.165, 1.54) is 18.2 Å². The average molecular weight is 530 g/mol. The summed E-state index contributed by atoms with van der Waals surface area (Å²) in [4.78, 5) is 4.65. The quantitative estimate of drug-likeness (QED) is 0.257. The second-order valence-corrected chi connectivity index (χ2v) is 10.9. The lowest BCUT2D eigenvalue weighted by molar-refractivity contribution is 0.0795. The molecular weight excluding hydrogens is 500 g/mol. The first-order valence-electron chi connectivity index (χ1n) is 13.0. The van der Waals surface area contributed by atoms with Crippen molar-refractivity contribution >= 4 is 11.1 Å². The van der Waals surface area contributed by atoms with Gasteiger partial charge in [0.25, 0.3) is 0 Å². The summed E-state index contributed by atoms with van der Waals surface area (Å²) in [6.07, 6.45) is 3.76. The van der Waals surface area contributed by atoms with Gasteiger partial charge < -0.3 is 19.4 Å². The first-order valence-corrected chi connectivity index (χ1v) is 13.0. The Morgan fingerprint density at radius 3 is 2.56 bits per heavy atom. The average Bonchev–Trinajstić information content (AvgIpc) is 3.50. The fraction of sp³-hybridized carbons (Fsp3) is 0.300. The highest BCUT2D eigenvalue weighted by molar-refractivity contribution is 5.84. The molecular formula is C30H29F2N5O2. The van der Waals surface area contributed by atoms with E-state index in [-0.39, 0.29) is 11.4 Å². The molecule has 0 amide bonds. The maximum Gasteiger partial charge on any atom is 0.227 e. The second-order valence-electron chi connectivity index (χ2n) is 10.9. The number of aryl methyl sites for hydroxylation is 1. The van der Waals surface area contributed by atoms with Gasteiger partial charge in [-0.2, -0.15) is 0 Å². The molecule has 0 unspecified atom stereocenters. The van der Waals surface area contributed by atoms with Gasteiger partial charge in [-0.3, -0.25) is 0 Å². The molecule has 0 saturated heterocycles. The van der Waals surface area contributed by atoms with Gasteiger partial charge in [0, 0.05) is 31.3 Å². The predicted octanol–water partition coefficient (Wildman–Crippen LogP) is 5.97. The highest BCUT2D eigenvalue weighted by Gasteiger charge is 2.26. The zero-order valence-corrected chi connectivity index (χ0v) is 22.0. The van der Waals surface area contributed by atoms with Crippen molar-refractivity contribution in [2.75, 3.05) is 6.54 Å². The van der Waals surface area contributed by atoms with E-state index in [1.54, 1.807) is 36.9 Å². The number of oxazole rings is 1. The molecule has 5 aromatic rings. The molecule has 39 heavy (non-hydrogen) atoms. The molecule has 0 aliphatic heterocycles. The molecule has 0 radical (unpaired) electrons. The smallest absolute Gasteiger partial charge is 0.227 e. The van der Waals surface area contributed by atoms with E-state index in [2.05, 4.69) is 26.6 Å². The Labute approximate surface area is 224 Å². The maximum absolute atomic E-state index is 15.0. The van der Waals surface area contributed by atoms with Crippen LogP contribution in [0, 0.1) is 11.6 Å². The third-order valence-corrected chi connectivity index (χ3v) is 6.89. The SMILES string of the molecule is Cn1cnnc1-c1cc(F)ccc1-c1cc(-c2nc3cc(CNCC(C)(C)O)cc(F)c3o2)cc(C2CC2)c1. The standard InChI is InChI=1S/C30H29F2N5O2/c1-30(2,38)15-33-14-17-8-25(32)27-26(9-17)35-29(39-27)21-11-19(18-4-5-18)10-20(12-21)23-7-6-22(31)13-24(23)28-36-34-16-37(28)3/h6-13,16,18,33,38H,4-5,14-15H2,1-3H3. The van der Waals surface area contributed by atoms with Crippen molar-refractivity contribution in [3.05, 3.63) is 77.6 Å². The lowest BCUT2D eigenvalue weighted by Crippen LogP contribution is -2.34. The normalized spacial score (nSPS) is 13.9. The van der Waals surface area contributed by atoms with Gasteiger partial charge in [0.15, 0.2) is 17.2 Å². The van der Waals surface area contributed by atoms with Crippen LogP contribution in [0.3, 0.4) is 0 Å². The van der Waals surface area contributed by atoms with Gasteiger partial charge in [0.1, 0.15) is 17.7 Å². The van der Waals surface area contributed by atoms with Crippen LogP contribution in [0.1, 0.15) is 43.7 Å². The van der Waals surface area contributed by atoms with Gasteiger partial charge in [0.05, 0.1) is 5.60 Å². The van der Waals surface area contributed by atoms with E-state index < -0.39 is 11.4 Å². The number of aliphatic hydroxyl groups is 1. The number of nitrogens with one attached hydrogen (secondary N) is 1. The van der Waals surface area contributed by atoms with Crippen molar-refractivity contribution in [3.63, 3.8) is 0 Å². The van der Waals surface area contributed by atoms with Crippen LogP contribution in [-0.2, 0) is 13.6 Å². The molecule has 0 bridgehead atoms. The Hall–Kier alpha value is -3.95. The summed E-state index contributed by atoms with van der Waals surface area (Å²) in [5.41, 5.74) is 4.50. The molecule has 200 valence electrons. The molecule has 1 fully saturated rings. The summed E-state index contributed by atoms with van der Waals surface area (Å²) in [5.74, 6) is 0.441. The van der Waals surface area contributed by atoms with Crippen LogP contribution >= 0.6 is 0 Å². The fourth-order valence-electron chi connectivity index (χ4n) is 4.85. The summed E-state index contributed by atoms with van der Waals surface area (Å²) in [5, 5.41) is 21.2. The van der Waals surface area contributed by atoms with Crippen molar-refractivity contribution in [2.24, 2.45) is 7.05 Å². The largest absolute Gasteiger partial charge is 0.433 e. The Morgan fingerprint density at radius 1 is 1.05 bits per heavy atom. The van der Waals surface area contributed by atoms with Crippen molar-refractivity contribution in [1.82, 2.24) is 25.1 Å². The zero-order valence-electron chi connectivity index (χ0n) is 22.0. The van der Waals surface area contributed by atoms with Crippen LogP contribution in [0.2, 0.25) is 0 Å². The predicted molar refractivity (Wildman–Crippen MR) is 145 cm³/mol. The minimum Gasteiger partial charge on any atom is -0.433 e. The van der Waals surface area contributed by atoms with Crippen LogP contribution in [0.15, 0.2) is 59.3 Å². The molecule has 1 saturated carbocycles. The van der Waals surface area contributed by atoms with E-state index >= 15 is 4.39 Å². The van der Waals surface area contributed by atoms with Crippen LogP contribution in [0.5, 0.6) is 0 Å². The van der Waals surface area contributed by atoms with Crippen LogP contribution in [-0.4, -0.2) is 37.0 Å². The number of fused-ring (bicyclic) bond motifs is 1. The molecule has 2 N–H and O–H groups in total. The Bertz CT molecular complexity index is 1680. The molecule has 6 rings (SSSR count). The first kappa shape index (κ1) is 25.3. The van der Waals surface area contributed by atoms with Crippen LogP contribution < -0.4 is 5.32 Å². The molecule has 2 aromatic heterocycles. The Kier molecular flexibility index (Phi) is 6.28. The highest BCUT2D eigenvalue weighted by Crippen LogP contribution is 2.44. The number of benzene rings is 3. The third-order valence-electron chi connectivity index (χ3n) is 6.89. The van der Waals surface area contributed by atoms with Gasteiger partial charge in [-0.1, -0.05) is 12.1 Å². The van der Waals surface area contributed by atoms with Crippen molar-refractivity contribution in [3.8, 4) is 34.0 Å². The number of rotatable bonds is 8. The van der Waals surface area contributed by atoms with Gasteiger partial charge >= 0.3 is 0 Å². The van der Waals surface area contributed by atoms with Gasteiger partial charge in [-0.15, -0.1) is 10.2 Å². The van der Waals surface area contributed by atoms with E-state index in [9.17, 15) is 9.50 Å². The summed E-state index contributed by atoms with van der Waals surface area (Å²) in [6, 6.07) is 13.9. The molecule has 2 heterocycles. The van der Waals surface area contributed by atoms with E-state index in [4.69, 9.17) is 4.42 Å². The summed E-state index contributed by atoms with van der Waals surface area (Å²) in [6.45, 7) is 4.17. The van der Waals surface area contributed by atoms with Crippen molar-refractivity contribution in [2.45, 2.75) is 44.8 Å². The number of hydrogen-bond acceptors (Lipinski definition) is 6. The maximum atomic E-state index is 15.0.